The summed E-state index contributed by atoms with van der Waals surface area (Å²) >= 11 is 0. The number of esters is 1. The molecule has 4 atom stereocenters. The van der Waals surface area contributed by atoms with Gasteiger partial charge in [0.05, 0.1) is 18.9 Å². The number of nitrogens with one attached hydrogen (secondary N) is 1. The zero-order chi connectivity index (χ0) is 16.4. The van der Waals surface area contributed by atoms with E-state index in [1.807, 2.05) is 24.8 Å². The zero-order valence-corrected chi connectivity index (χ0v) is 13.6. The molecule has 124 valence electrons. The molecule has 1 aromatic rings. The fourth-order valence-electron chi connectivity index (χ4n) is 3.75. The van der Waals surface area contributed by atoms with Gasteiger partial charge in [0.25, 0.3) is 0 Å². The summed E-state index contributed by atoms with van der Waals surface area (Å²) in [5, 5.41) is 6.69. The summed E-state index contributed by atoms with van der Waals surface area (Å²) in [7, 11) is 0. The maximum absolute atomic E-state index is 12.5. The first kappa shape index (κ1) is 15.8. The minimum Gasteiger partial charge on any atom is -0.466 e. The Labute approximate surface area is 135 Å². The van der Waals surface area contributed by atoms with Crippen molar-refractivity contribution >= 4 is 11.9 Å². The maximum Gasteiger partial charge on any atom is 0.309 e. The Bertz CT molecular complexity index is 596. The van der Waals surface area contributed by atoms with Crippen LogP contribution in [-0.2, 0) is 20.7 Å². The summed E-state index contributed by atoms with van der Waals surface area (Å²) in [6.45, 7) is 5.56. The Morgan fingerprint density at radius 1 is 1.39 bits per heavy atom. The first-order valence-corrected chi connectivity index (χ1v) is 8.21. The smallest absolute Gasteiger partial charge is 0.309 e. The zero-order valence-electron chi connectivity index (χ0n) is 13.6. The second kappa shape index (κ2) is 6.56. The number of hydrogen-bond acceptors (Lipinski definition) is 4. The molecule has 2 heterocycles. The summed E-state index contributed by atoms with van der Waals surface area (Å²) in [6.07, 6.45) is 6.22. The molecule has 1 fully saturated rings. The average Bonchev–Trinajstić information content (AvgIpc) is 3.16. The van der Waals surface area contributed by atoms with E-state index in [-0.39, 0.29) is 35.5 Å². The Morgan fingerprint density at radius 3 is 2.91 bits per heavy atom. The molecule has 6 heteroatoms. The molecule has 3 rings (SSSR count). The number of fused-ring (bicyclic) bond motifs is 1. The number of aromatic nitrogens is 2. The number of carbonyl (C=O) groups excluding carboxylic acids is 2. The van der Waals surface area contributed by atoms with Crippen molar-refractivity contribution in [2.45, 2.75) is 20.3 Å². The van der Waals surface area contributed by atoms with E-state index in [0.29, 0.717) is 26.1 Å². The lowest BCUT2D eigenvalue weighted by Crippen LogP contribution is -2.37. The Kier molecular flexibility index (Phi) is 4.50. The first-order chi connectivity index (χ1) is 11.1. The second-order valence-corrected chi connectivity index (χ2v) is 6.41. The van der Waals surface area contributed by atoms with Gasteiger partial charge in [-0.25, -0.2) is 0 Å². The third kappa shape index (κ3) is 3.16. The van der Waals surface area contributed by atoms with Gasteiger partial charge >= 0.3 is 5.97 Å². The Balaban J connectivity index is 1.70. The van der Waals surface area contributed by atoms with Gasteiger partial charge in [0, 0.05) is 25.0 Å². The Morgan fingerprint density at radius 2 is 2.22 bits per heavy atom. The maximum atomic E-state index is 12.5. The monoisotopic (exact) mass is 317 g/mol. The third-order valence-corrected chi connectivity index (χ3v) is 4.91. The molecule has 6 nitrogen and oxygen atoms in total. The quantitative estimate of drug-likeness (QED) is 0.673. The molecule has 1 aliphatic carbocycles. The lowest BCUT2D eigenvalue weighted by atomic mass is 9.72. The minimum absolute atomic E-state index is 0.0762. The molecule has 0 bridgehead atoms. The second-order valence-electron chi connectivity index (χ2n) is 6.41. The van der Waals surface area contributed by atoms with E-state index in [4.69, 9.17) is 4.74 Å². The van der Waals surface area contributed by atoms with Crippen LogP contribution in [0.2, 0.25) is 0 Å². The minimum atomic E-state index is -0.157. The van der Waals surface area contributed by atoms with Gasteiger partial charge in [-0.1, -0.05) is 19.1 Å². The summed E-state index contributed by atoms with van der Waals surface area (Å²) in [4.78, 5) is 26.7. The normalized spacial score (nSPS) is 29.4. The van der Waals surface area contributed by atoms with Crippen molar-refractivity contribution in [3.63, 3.8) is 0 Å². The molecule has 0 radical (unpaired) electrons. The molecular formula is C17H23N3O3. The fraction of sp³-hybridized carbons (Fsp3) is 0.588. The van der Waals surface area contributed by atoms with Crippen LogP contribution in [-0.4, -0.2) is 46.7 Å². The van der Waals surface area contributed by atoms with Gasteiger partial charge in [-0.2, -0.15) is 5.10 Å². The SMILES string of the molecule is CCOC(=O)[C@@H]1[C@H]2CN(C(=O)Cc3ccn[nH]3)C[C@@H]2C=C[C@@H]1C. The van der Waals surface area contributed by atoms with Gasteiger partial charge in [-0.05, 0) is 30.7 Å². The number of rotatable bonds is 4. The summed E-state index contributed by atoms with van der Waals surface area (Å²) in [6, 6.07) is 1.81. The van der Waals surface area contributed by atoms with E-state index in [0.717, 1.165) is 5.69 Å². The number of allylic oxidation sites excluding steroid dienone is 1. The fourth-order valence-corrected chi connectivity index (χ4v) is 3.75. The highest BCUT2D eigenvalue weighted by molar-refractivity contribution is 5.79. The van der Waals surface area contributed by atoms with Gasteiger partial charge in [0.1, 0.15) is 0 Å². The van der Waals surface area contributed by atoms with E-state index in [1.54, 1.807) is 6.20 Å². The van der Waals surface area contributed by atoms with E-state index in [1.165, 1.54) is 0 Å². The molecule has 1 N–H and O–H groups in total. The molecule has 0 aromatic carbocycles. The third-order valence-electron chi connectivity index (χ3n) is 4.91. The topological polar surface area (TPSA) is 75.3 Å². The van der Waals surface area contributed by atoms with Crippen molar-refractivity contribution < 1.29 is 14.3 Å². The molecule has 0 saturated carbocycles. The first-order valence-electron chi connectivity index (χ1n) is 8.21. The van der Waals surface area contributed by atoms with Crippen LogP contribution in [0.25, 0.3) is 0 Å². The number of ether oxygens (including phenoxy) is 1. The van der Waals surface area contributed by atoms with E-state index >= 15 is 0 Å². The number of amides is 1. The van der Waals surface area contributed by atoms with Crippen LogP contribution in [0, 0.1) is 23.7 Å². The van der Waals surface area contributed by atoms with Crippen LogP contribution in [0.5, 0.6) is 0 Å². The molecule has 2 aliphatic rings. The lowest BCUT2D eigenvalue weighted by molar-refractivity contribution is -0.152. The van der Waals surface area contributed by atoms with Gasteiger partial charge < -0.3 is 9.64 Å². The van der Waals surface area contributed by atoms with Gasteiger partial charge in [-0.15, -0.1) is 0 Å². The van der Waals surface area contributed by atoms with Crippen molar-refractivity contribution in [2.24, 2.45) is 23.7 Å². The molecule has 0 unspecified atom stereocenters. The van der Waals surface area contributed by atoms with Crippen LogP contribution in [0.1, 0.15) is 19.5 Å². The van der Waals surface area contributed by atoms with Crippen LogP contribution in [0.15, 0.2) is 24.4 Å². The van der Waals surface area contributed by atoms with Gasteiger partial charge in [0.15, 0.2) is 0 Å². The molecule has 1 aromatic heterocycles. The standard InChI is InChI=1S/C17H23N3O3/c1-3-23-17(22)16-11(2)4-5-12-9-20(10-14(12)16)15(21)8-13-6-7-18-19-13/h4-7,11-12,14,16H,3,8-10H2,1-2H3,(H,18,19)/t11-,12-,14-,16-/m0/s1. The average molecular weight is 317 g/mol. The predicted octanol–water partition coefficient (Wildman–Crippen LogP) is 1.41. The number of aromatic amines is 1. The van der Waals surface area contributed by atoms with Crippen LogP contribution >= 0.6 is 0 Å². The van der Waals surface area contributed by atoms with E-state index < -0.39 is 0 Å². The number of carbonyl (C=O) groups is 2. The highest BCUT2D eigenvalue weighted by atomic mass is 16.5. The molecule has 0 spiro atoms. The van der Waals surface area contributed by atoms with Crippen molar-refractivity contribution in [3.8, 4) is 0 Å². The van der Waals surface area contributed by atoms with E-state index in [9.17, 15) is 9.59 Å². The molecule has 1 aliphatic heterocycles. The summed E-state index contributed by atoms with van der Waals surface area (Å²) in [5.41, 5.74) is 0.815. The van der Waals surface area contributed by atoms with Crippen molar-refractivity contribution in [1.29, 1.82) is 0 Å². The largest absolute Gasteiger partial charge is 0.466 e. The van der Waals surface area contributed by atoms with Gasteiger partial charge in [-0.3, -0.25) is 14.7 Å². The number of hydrogen-bond donors (Lipinski definition) is 1. The van der Waals surface area contributed by atoms with Crippen LogP contribution in [0.3, 0.4) is 0 Å². The molecule has 1 saturated heterocycles. The summed E-state index contributed by atoms with van der Waals surface area (Å²) < 4.78 is 5.25. The number of likely N-dealkylation sites (tertiary alicyclic amines) is 1. The predicted molar refractivity (Wildman–Crippen MR) is 84.3 cm³/mol. The highest BCUT2D eigenvalue weighted by Crippen LogP contribution is 2.40. The molecule has 23 heavy (non-hydrogen) atoms. The number of nitrogens with zero attached hydrogens (tertiary/aromatic N) is 2. The summed E-state index contributed by atoms with van der Waals surface area (Å²) in [5.74, 6) is 0.327. The van der Waals surface area contributed by atoms with Crippen LogP contribution in [0.4, 0.5) is 0 Å². The van der Waals surface area contributed by atoms with Crippen molar-refractivity contribution in [3.05, 3.63) is 30.1 Å². The van der Waals surface area contributed by atoms with Crippen molar-refractivity contribution in [2.75, 3.05) is 19.7 Å². The Hall–Kier alpha value is -2.11. The van der Waals surface area contributed by atoms with Crippen molar-refractivity contribution in [1.82, 2.24) is 15.1 Å². The number of H-pyrrole nitrogens is 1. The van der Waals surface area contributed by atoms with Crippen LogP contribution < -0.4 is 0 Å². The van der Waals surface area contributed by atoms with E-state index in [2.05, 4.69) is 22.3 Å². The highest BCUT2D eigenvalue weighted by Gasteiger charge is 2.45. The van der Waals surface area contributed by atoms with Gasteiger partial charge in [0.2, 0.25) is 5.91 Å². The molecular weight excluding hydrogens is 294 g/mol. The lowest BCUT2D eigenvalue weighted by Gasteiger charge is -2.31. The molecule has 1 amide bonds.